The van der Waals surface area contributed by atoms with Crippen LogP contribution in [-0.4, -0.2) is 23.1 Å². The van der Waals surface area contributed by atoms with Gasteiger partial charge in [-0.25, -0.2) is 0 Å². The maximum Gasteiger partial charge on any atom is 0.306 e. The zero-order valence-electron chi connectivity index (χ0n) is 30.0. The summed E-state index contributed by atoms with van der Waals surface area (Å²) in [7, 11) is 0. The Morgan fingerprint density at radius 2 is 0.727 bits per heavy atom. The second-order valence-electron chi connectivity index (χ2n) is 13.8. The van der Waals surface area contributed by atoms with Gasteiger partial charge in [0.2, 0.25) is 0 Å². The highest BCUT2D eigenvalue weighted by atomic mass is 16.5. The molecule has 0 aliphatic heterocycles. The summed E-state index contributed by atoms with van der Waals surface area (Å²) in [5, 5.41) is 8.67. The largest absolute Gasteiger partial charge is 0.481 e. The van der Waals surface area contributed by atoms with Crippen LogP contribution in [0.2, 0.25) is 0 Å². The van der Waals surface area contributed by atoms with E-state index in [-0.39, 0.29) is 12.1 Å². The van der Waals surface area contributed by atoms with Crippen molar-refractivity contribution < 1.29 is 19.4 Å². The predicted octanol–water partition coefficient (Wildman–Crippen LogP) is 13.7. The lowest BCUT2D eigenvalue weighted by atomic mass is 10.0. The van der Waals surface area contributed by atoms with Crippen molar-refractivity contribution >= 4 is 11.9 Å². The van der Waals surface area contributed by atoms with Crippen LogP contribution in [0.4, 0.5) is 0 Å². The molecule has 4 heteroatoms. The monoisotopic (exact) mass is 623 g/mol. The van der Waals surface area contributed by atoms with Crippen molar-refractivity contribution in [2.75, 3.05) is 0 Å². The summed E-state index contributed by atoms with van der Waals surface area (Å²) < 4.78 is 5.87. The highest BCUT2D eigenvalue weighted by Crippen LogP contribution is 2.18. The summed E-state index contributed by atoms with van der Waals surface area (Å²) in [5.41, 5.74) is 0. The summed E-state index contributed by atoms with van der Waals surface area (Å²) in [4.78, 5) is 22.9. The Kier molecular flexibility index (Phi) is 35.5. The van der Waals surface area contributed by atoms with Gasteiger partial charge in [-0.05, 0) is 32.1 Å². The molecule has 0 bridgehead atoms. The lowest BCUT2D eigenvalue weighted by molar-refractivity contribution is -0.150. The predicted molar refractivity (Wildman–Crippen MR) is 190 cm³/mol. The Hall–Kier alpha value is -1.06. The zero-order chi connectivity index (χ0) is 32.2. The molecule has 262 valence electrons. The third-order valence-corrected chi connectivity index (χ3v) is 9.31. The van der Waals surface area contributed by atoms with Crippen LogP contribution in [0.15, 0.2) is 0 Å². The zero-order valence-corrected chi connectivity index (χ0v) is 30.0. The van der Waals surface area contributed by atoms with Gasteiger partial charge in [0, 0.05) is 12.8 Å². The smallest absolute Gasteiger partial charge is 0.306 e. The second kappa shape index (κ2) is 36.4. The van der Waals surface area contributed by atoms with Crippen molar-refractivity contribution in [3.05, 3.63) is 0 Å². The van der Waals surface area contributed by atoms with E-state index in [4.69, 9.17) is 9.84 Å². The van der Waals surface area contributed by atoms with E-state index in [0.29, 0.717) is 12.8 Å². The molecule has 4 nitrogen and oxygen atoms in total. The van der Waals surface area contributed by atoms with Crippen molar-refractivity contribution in [3.63, 3.8) is 0 Å². The third-order valence-electron chi connectivity index (χ3n) is 9.31. The van der Waals surface area contributed by atoms with E-state index < -0.39 is 5.97 Å². The molecule has 0 aliphatic rings. The molecule has 0 aromatic carbocycles. The van der Waals surface area contributed by atoms with Crippen LogP contribution in [0.25, 0.3) is 0 Å². The first-order valence-corrected chi connectivity index (χ1v) is 20.0. The van der Waals surface area contributed by atoms with Gasteiger partial charge in [-0.3, -0.25) is 9.59 Å². The molecule has 0 rings (SSSR count). The van der Waals surface area contributed by atoms with Gasteiger partial charge in [0.1, 0.15) is 6.10 Å². The van der Waals surface area contributed by atoms with E-state index in [0.717, 1.165) is 44.9 Å². The number of carbonyl (C=O) groups is 2. The third kappa shape index (κ3) is 35.4. The number of carboxylic acids is 1. The average Bonchev–Trinajstić information content (AvgIpc) is 3.00. The van der Waals surface area contributed by atoms with E-state index in [1.165, 1.54) is 167 Å². The van der Waals surface area contributed by atoms with Gasteiger partial charge in [0.25, 0.3) is 0 Å². The molecule has 1 unspecified atom stereocenters. The van der Waals surface area contributed by atoms with Gasteiger partial charge in [-0.15, -0.1) is 0 Å². The Balaban J connectivity index is 3.47. The van der Waals surface area contributed by atoms with Crippen LogP contribution >= 0.6 is 0 Å². The van der Waals surface area contributed by atoms with Crippen molar-refractivity contribution in [2.24, 2.45) is 0 Å². The average molecular weight is 623 g/mol. The normalized spacial score (nSPS) is 12.0. The van der Waals surface area contributed by atoms with E-state index in [1.807, 2.05) is 0 Å². The summed E-state index contributed by atoms with van der Waals surface area (Å²) >= 11 is 0. The van der Waals surface area contributed by atoms with Crippen molar-refractivity contribution in [1.29, 1.82) is 0 Å². The molecule has 44 heavy (non-hydrogen) atoms. The van der Waals surface area contributed by atoms with Crippen LogP contribution in [-0.2, 0) is 14.3 Å². The van der Waals surface area contributed by atoms with Gasteiger partial charge >= 0.3 is 11.9 Å². The minimum absolute atomic E-state index is 0.0263. The Morgan fingerprint density at radius 1 is 0.409 bits per heavy atom. The first-order valence-electron chi connectivity index (χ1n) is 20.0. The number of carboxylic acid groups (broad SMARTS) is 1. The number of hydrogen-bond acceptors (Lipinski definition) is 3. The van der Waals surface area contributed by atoms with Gasteiger partial charge in [-0.2, -0.15) is 0 Å². The van der Waals surface area contributed by atoms with Crippen LogP contribution in [0.5, 0.6) is 0 Å². The first kappa shape index (κ1) is 42.9. The molecule has 0 saturated carbocycles. The molecule has 0 saturated heterocycles. The molecule has 0 aliphatic carbocycles. The van der Waals surface area contributed by atoms with E-state index in [1.54, 1.807) is 0 Å². The summed E-state index contributed by atoms with van der Waals surface area (Å²) in [6, 6.07) is 0. The molecule has 0 aromatic heterocycles. The number of unbranched alkanes of at least 4 members (excludes halogenated alkanes) is 28. The molecule has 1 atom stereocenters. The Morgan fingerprint density at radius 3 is 1.07 bits per heavy atom. The number of ether oxygens (including phenoxy) is 1. The quantitative estimate of drug-likeness (QED) is 0.0553. The number of hydrogen-bond donors (Lipinski definition) is 1. The van der Waals surface area contributed by atoms with Crippen molar-refractivity contribution in [1.82, 2.24) is 0 Å². The SMILES string of the molecule is CCCCCCCCCCCCCCCCCCCCCC(=O)OC(CCC)CCCCCCCCCCCCCC(=O)O. The maximum absolute atomic E-state index is 12.4. The van der Waals surface area contributed by atoms with E-state index in [9.17, 15) is 9.59 Å². The fraction of sp³-hybridized carbons (Fsp3) is 0.950. The maximum atomic E-state index is 12.4. The van der Waals surface area contributed by atoms with Gasteiger partial charge < -0.3 is 9.84 Å². The Bertz CT molecular complexity index is 590. The summed E-state index contributed by atoms with van der Waals surface area (Å²) in [6.45, 7) is 4.48. The lowest BCUT2D eigenvalue weighted by Crippen LogP contribution is -2.18. The minimum atomic E-state index is -0.671. The molecule has 0 amide bonds. The second-order valence-corrected chi connectivity index (χ2v) is 13.8. The van der Waals surface area contributed by atoms with Crippen LogP contribution in [0, 0.1) is 0 Å². The molecule has 0 spiro atoms. The highest BCUT2D eigenvalue weighted by Gasteiger charge is 2.13. The minimum Gasteiger partial charge on any atom is -0.481 e. The molecular weight excluding hydrogens is 544 g/mol. The Labute approximate surface area is 275 Å². The van der Waals surface area contributed by atoms with Crippen LogP contribution < -0.4 is 0 Å². The number of rotatable bonds is 37. The van der Waals surface area contributed by atoms with Crippen molar-refractivity contribution in [2.45, 2.75) is 245 Å². The number of carbonyl (C=O) groups excluding carboxylic acids is 1. The molecule has 0 aromatic rings. The standard InChI is InChI=1S/C40H78O4/c1-3-5-6-7-8-9-10-11-12-13-14-15-16-17-21-24-27-30-33-37-40(43)44-38(34-4-2)35-31-28-25-22-19-18-20-23-26-29-32-36-39(41)42/h38H,3-37H2,1-2H3,(H,41,42). The summed E-state index contributed by atoms with van der Waals surface area (Å²) in [6.07, 6.45) is 43.4. The fourth-order valence-corrected chi connectivity index (χ4v) is 6.42. The van der Waals surface area contributed by atoms with Gasteiger partial charge in [0.05, 0.1) is 0 Å². The molecule has 0 fully saturated rings. The summed E-state index contributed by atoms with van der Waals surface area (Å²) in [5.74, 6) is -0.645. The fourth-order valence-electron chi connectivity index (χ4n) is 6.42. The van der Waals surface area contributed by atoms with Gasteiger partial charge in [0.15, 0.2) is 0 Å². The van der Waals surface area contributed by atoms with E-state index >= 15 is 0 Å². The van der Waals surface area contributed by atoms with Crippen molar-refractivity contribution in [3.8, 4) is 0 Å². The topological polar surface area (TPSA) is 63.6 Å². The number of aliphatic carboxylic acids is 1. The highest BCUT2D eigenvalue weighted by molar-refractivity contribution is 5.69. The molecule has 1 N–H and O–H groups in total. The first-order chi connectivity index (χ1) is 21.6. The molecule has 0 radical (unpaired) electrons. The lowest BCUT2D eigenvalue weighted by Gasteiger charge is -2.17. The van der Waals surface area contributed by atoms with Crippen LogP contribution in [0.3, 0.4) is 0 Å². The van der Waals surface area contributed by atoms with Gasteiger partial charge in [-0.1, -0.05) is 194 Å². The number of esters is 1. The van der Waals surface area contributed by atoms with Crippen LogP contribution in [0.1, 0.15) is 239 Å². The molecular formula is C40H78O4. The van der Waals surface area contributed by atoms with E-state index in [2.05, 4.69) is 13.8 Å². The molecule has 0 heterocycles.